The second kappa shape index (κ2) is 8.08. The largest absolute Gasteiger partial charge is 0.456 e. The Morgan fingerprint density at radius 3 is 1.60 bits per heavy atom. The molecule has 0 aliphatic heterocycles. The van der Waals surface area contributed by atoms with Crippen molar-refractivity contribution >= 4 is 65.4 Å². The predicted octanol–water partition coefficient (Wildman–Crippen LogP) is 11.1. The molecule has 7 aromatic carbocycles. The van der Waals surface area contributed by atoms with Crippen LogP contribution in [0.5, 0.6) is 0 Å². The normalized spacial score (nSPS) is 12.0. The van der Waals surface area contributed by atoms with Crippen molar-refractivity contribution in [3.05, 3.63) is 133 Å². The van der Waals surface area contributed by atoms with Crippen molar-refractivity contribution in [1.82, 2.24) is 0 Å². The zero-order valence-corrected chi connectivity index (χ0v) is 21.5. The molecule has 0 fully saturated rings. The highest BCUT2D eigenvalue weighted by atomic mass is 16.3. The van der Waals surface area contributed by atoms with Gasteiger partial charge < -0.3 is 8.83 Å². The van der Waals surface area contributed by atoms with Gasteiger partial charge in [-0.15, -0.1) is 0 Å². The van der Waals surface area contributed by atoms with Crippen LogP contribution < -0.4 is 0 Å². The topological polar surface area (TPSA) is 26.3 Å². The van der Waals surface area contributed by atoms with E-state index in [1.807, 2.05) is 18.2 Å². The summed E-state index contributed by atoms with van der Waals surface area (Å²) in [6, 6.07) is 47.2. The van der Waals surface area contributed by atoms with Gasteiger partial charge in [0.25, 0.3) is 0 Å². The van der Waals surface area contributed by atoms with Gasteiger partial charge in [-0.3, -0.25) is 0 Å². The van der Waals surface area contributed by atoms with Gasteiger partial charge in [-0.2, -0.15) is 0 Å². The molecule has 9 aromatic rings. The highest BCUT2D eigenvalue weighted by Crippen LogP contribution is 2.45. The lowest BCUT2D eigenvalue weighted by Crippen LogP contribution is -1.90. The molecule has 2 aromatic heterocycles. The molecule has 2 nitrogen and oxygen atoms in total. The standard InChI is InChI=1S/C38H22O2/c1-2-10-23(11-3-1)35-26-12-4-6-14-28(26)36(29-15-7-5-13-27(29)35)24-18-19-25-30-20-21-33-37(38(30)40-34(25)22-24)31-16-8-9-17-32(31)39-33/h1-22H. The van der Waals surface area contributed by atoms with E-state index in [9.17, 15) is 0 Å². The summed E-state index contributed by atoms with van der Waals surface area (Å²) >= 11 is 0. The average molecular weight is 511 g/mol. The number of rotatable bonds is 2. The van der Waals surface area contributed by atoms with Crippen molar-refractivity contribution < 1.29 is 8.83 Å². The van der Waals surface area contributed by atoms with E-state index in [0.717, 1.165) is 49.4 Å². The molecule has 0 spiro atoms. The van der Waals surface area contributed by atoms with Gasteiger partial charge in [0, 0.05) is 16.2 Å². The van der Waals surface area contributed by atoms with Gasteiger partial charge in [0.05, 0.1) is 5.39 Å². The highest BCUT2D eigenvalue weighted by Gasteiger charge is 2.19. The lowest BCUT2D eigenvalue weighted by Gasteiger charge is -2.17. The first-order chi connectivity index (χ1) is 19.8. The Balaban J connectivity index is 1.37. The Bertz CT molecular complexity index is 2370. The van der Waals surface area contributed by atoms with Gasteiger partial charge in [0.2, 0.25) is 0 Å². The van der Waals surface area contributed by atoms with E-state index in [2.05, 4.69) is 115 Å². The van der Waals surface area contributed by atoms with E-state index in [0.29, 0.717) is 0 Å². The Morgan fingerprint density at radius 1 is 0.325 bits per heavy atom. The Morgan fingerprint density at radius 2 is 0.900 bits per heavy atom. The van der Waals surface area contributed by atoms with E-state index in [4.69, 9.17) is 8.83 Å². The molecule has 0 bridgehead atoms. The third-order valence-corrected chi connectivity index (χ3v) is 8.26. The first kappa shape index (κ1) is 21.6. The van der Waals surface area contributed by atoms with Crippen LogP contribution >= 0.6 is 0 Å². The van der Waals surface area contributed by atoms with Crippen LogP contribution in [0.4, 0.5) is 0 Å². The van der Waals surface area contributed by atoms with Gasteiger partial charge >= 0.3 is 0 Å². The first-order valence-corrected chi connectivity index (χ1v) is 13.6. The fourth-order valence-corrected chi connectivity index (χ4v) is 6.55. The average Bonchev–Trinajstić information content (AvgIpc) is 3.58. The molecular weight excluding hydrogens is 488 g/mol. The van der Waals surface area contributed by atoms with E-state index < -0.39 is 0 Å². The number of para-hydroxylation sites is 1. The van der Waals surface area contributed by atoms with Gasteiger partial charge in [0.15, 0.2) is 0 Å². The minimum absolute atomic E-state index is 0.849. The maximum absolute atomic E-state index is 6.65. The zero-order chi connectivity index (χ0) is 26.2. The lowest BCUT2D eigenvalue weighted by atomic mass is 9.86. The molecule has 9 rings (SSSR count). The van der Waals surface area contributed by atoms with Crippen molar-refractivity contribution in [2.24, 2.45) is 0 Å². The molecule has 0 aliphatic carbocycles. The summed E-state index contributed by atoms with van der Waals surface area (Å²) in [4.78, 5) is 0. The van der Waals surface area contributed by atoms with Gasteiger partial charge in [-0.05, 0) is 74.1 Å². The van der Waals surface area contributed by atoms with E-state index in [1.54, 1.807) is 0 Å². The summed E-state index contributed by atoms with van der Waals surface area (Å²) in [6.07, 6.45) is 0. The molecule has 0 radical (unpaired) electrons. The minimum atomic E-state index is 0.849. The molecule has 0 atom stereocenters. The smallest absolute Gasteiger partial charge is 0.147 e. The Labute approximate surface area is 229 Å². The summed E-state index contributed by atoms with van der Waals surface area (Å²) in [6.45, 7) is 0. The third-order valence-electron chi connectivity index (χ3n) is 8.26. The molecule has 2 heterocycles. The number of benzene rings is 7. The van der Waals surface area contributed by atoms with Crippen molar-refractivity contribution in [2.75, 3.05) is 0 Å². The van der Waals surface area contributed by atoms with Crippen LogP contribution in [0.3, 0.4) is 0 Å². The molecule has 0 aliphatic rings. The van der Waals surface area contributed by atoms with E-state index >= 15 is 0 Å². The van der Waals surface area contributed by atoms with Crippen LogP contribution in [0.25, 0.3) is 87.7 Å². The van der Waals surface area contributed by atoms with Crippen LogP contribution in [0.15, 0.2) is 142 Å². The molecule has 0 saturated carbocycles. The molecule has 0 amide bonds. The van der Waals surface area contributed by atoms with E-state index in [1.165, 1.54) is 38.2 Å². The lowest BCUT2D eigenvalue weighted by molar-refractivity contribution is 0.663. The van der Waals surface area contributed by atoms with Crippen molar-refractivity contribution in [3.8, 4) is 22.3 Å². The maximum atomic E-state index is 6.65. The molecule has 0 unspecified atom stereocenters. The molecule has 2 heteroatoms. The van der Waals surface area contributed by atoms with Crippen LogP contribution in [0.2, 0.25) is 0 Å². The van der Waals surface area contributed by atoms with Crippen LogP contribution in [-0.4, -0.2) is 0 Å². The summed E-state index contributed by atoms with van der Waals surface area (Å²) in [5.41, 5.74) is 8.36. The van der Waals surface area contributed by atoms with Crippen LogP contribution in [0.1, 0.15) is 0 Å². The maximum Gasteiger partial charge on any atom is 0.147 e. The molecule has 186 valence electrons. The Kier molecular flexibility index (Phi) is 4.36. The van der Waals surface area contributed by atoms with Gasteiger partial charge in [-0.1, -0.05) is 103 Å². The summed E-state index contributed by atoms with van der Waals surface area (Å²) in [5, 5.41) is 9.30. The van der Waals surface area contributed by atoms with E-state index in [-0.39, 0.29) is 0 Å². The molecule has 40 heavy (non-hydrogen) atoms. The fraction of sp³-hybridized carbons (Fsp3) is 0. The summed E-state index contributed by atoms with van der Waals surface area (Å²) in [5.74, 6) is 0. The number of hydrogen-bond acceptors (Lipinski definition) is 2. The zero-order valence-electron chi connectivity index (χ0n) is 21.5. The minimum Gasteiger partial charge on any atom is -0.456 e. The predicted molar refractivity (Wildman–Crippen MR) is 167 cm³/mol. The summed E-state index contributed by atoms with van der Waals surface area (Å²) < 4.78 is 12.8. The van der Waals surface area contributed by atoms with Crippen molar-refractivity contribution in [2.45, 2.75) is 0 Å². The monoisotopic (exact) mass is 510 g/mol. The molecule has 0 saturated heterocycles. The third kappa shape index (κ3) is 2.93. The second-order valence-corrected chi connectivity index (χ2v) is 10.4. The van der Waals surface area contributed by atoms with Crippen LogP contribution in [-0.2, 0) is 0 Å². The number of hydrogen-bond donors (Lipinski definition) is 0. The fourth-order valence-electron chi connectivity index (χ4n) is 6.55. The van der Waals surface area contributed by atoms with Crippen LogP contribution in [0, 0.1) is 0 Å². The summed E-state index contributed by atoms with van der Waals surface area (Å²) in [7, 11) is 0. The SMILES string of the molecule is c1ccc(-c2c3ccccc3c(-c3ccc4c(c3)oc3c4ccc4oc5ccccc5c43)c3ccccc23)cc1. The van der Waals surface area contributed by atoms with Crippen molar-refractivity contribution in [3.63, 3.8) is 0 Å². The quantitative estimate of drug-likeness (QED) is 0.216. The van der Waals surface area contributed by atoms with Gasteiger partial charge in [0.1, 0.15) is 22.3 Å². The number of fused-ring (bicyclic) bond motifs is 9. The first-order valence-electron chi connectivity index (χ1n) is 13.6. The van der Waals surface area contributed by atoms with Crippen molar-refractivity contribution in [1.29, 1.82) is 0 Å². The molecule has 0 N–H and O–H groups in total. The molecular formula is C38H22O2. The highest BCUT2D eigenvalue weighted by molar-refractivity contribution is 6.24. The second-order valence-electron chi connectivity index (χ2n) is 10.4. The number of furan rings is 2. The Hall–Kier alpha value is -5.34. The van der Waals surface area contributed by atoms with Gasteiger partial charge in [-0.25, -0.2) is 0 Å².